The largest absolute Gasteiger partial charge is 0.298 e. The summed E-state index contributed by atoms with van der Waals surface area (Å²) in [5.74, 6) is -0.717. The van der Waals surface area contributed by atoms with Gasteiger partial charge in [-0.1, -0.05) is 23.7 Å². The van der Waals surface area contributed by atoms with Crippen molar-refractivity contribution in [3.63, 3.8) is 0 Å². The molecule has 0 aliphatic carbocycles. The van der Waals surface area contributed by atoms with Gasteiger partial charge in [-0.3, -0.25) is 15.1 Å². The molecule has 0 bridgehead atoms. The summed E-state index contributed by atoms with van der Waals surface area (Å²) in [5.41, 5.74) is 2.85. The molecule has 4 aromatic rings. The maximum atomic E-state index is 14.0. The molecule has 0 saturated heterocycles. The molecular formula is C22H18ClF2N5OS. The Kier molecular flexibility index (Phi) is 6.03. The number of amides is 1. The number of hydrogen-bond donors (Lipinski definition) is 1. The van der Waals surface area contributed by atoms with Crippen molar-refractivity contribution < 1.29 is 13.6 Å². The molecule has 3 heterocycles. The van der Waals surface area contributed by atoms with Crippen molar-refractivity contribution in [2.75, 3.05) is 5.32 Å². The lowest BCUT2D eigenvalue weighted by Crippen LogP contribution is -2.15. The van der Waals surface area contributed by atoms with Gasteiger partial charge in [0.2, 0.25) is 0 Å². The summed E-state index contributed by atoms with van der Waals surface area (Å²) in [7, 11) is 0. The third-order valence-electron chi connectivity index (χ3n) is 4.70. The molecule has 4 rings (SSSR count). The molecule has 0 fully saturated rings. The van der Waals surface area contributed by atoms with Gasteiger partial charge in [0.05, 0.1) is 27.7 Å². The number of nitrogens with one attached hydrogen (secondary N) is 1. The van der Waals surface area contributed by atoms with Gasteiger partial charge in [-0.2, -0.15) is 5.10 Å². The van der Waals surface area contributed by atoms with Crippen LogP contribution < -0.4 is 5.32 Å². The molecule has 32 heavy (non-hydrogen) atoms. The Morgan fingerprint density at radius 2 is 1.88 bits per heavy atom. The second-order valence-corrected chi connectivity index (χ2v) is 8.44. The van der Waals surface area contributed by atoms with Crippen LogP contribution in [-0.4, -0.2) is 25.7 Å². The maximum Gasteiger partial charge on any atom is 0.281 e. The van der Waals surface area contributed by atoms with Crippen molar-refractivity contribution >= 4 is 34.0 Å². The minimum Gasteiger partial charge on any atom is -0.298 e. The zero-order chi connectivity index (χ0) is 23.0. The number of halogens is 3. The fourth-order valence-corrected chi connectivity index (χ4v) is 4.33. The molecule has 0 aliphatic rings. The number of alkyl halides is 2. The van der Waals surface area contributed by atoms with E-state index in [4.69, 9.17) is 11.6 Å². The predicted octanol–water partition coefficient (Wildman–Crippen LogP) is 6.16. The highest BCUT2D eigenvalue weighted by atomic mass is 35.5. The third kappa shape index (κ3) is 4.26. The lowest BCUT2D eigenvalue weighted by molar-refractivity contribution is 0.100. The number of thiazole rings is 1. The minimum atomic E-state index is -2.94. The van der Waals surface area contributed by atoms with E-state index in [1.165, 1.54) is 18.3 Å². The standard InChI is InChI=1S/C22H18ClF2N5OS/c1-11-8-12(2)26-15(9-11)16-10-32-22(27-16)28-21(31)18-13(3)29-30(19(18)20(24)25)17-7-5-4-6-14(17)23/h4-10,20H,1-3H3,(H,27,28,31). The average molecular weight is 474 g/mol. The summed E-state index contributed by atoms with van der Waals surface area (Å²) in [6.45, 7) is 5.34. The Morgan fingerprint density at radius 3 is 2.56 bits per heavy atom. The molecule has 10 heteroatoms. The average Bonchev–Trinajstić information content (AvgIpc) is 3.32. The molecule has 1 amide bonds. The van der Waals surface area contributed by atoms with Crippen molar-refractivity contribution in [1.29, 1.82) is 0 Å². The molecule has 1 N–H and O–H groups in total. The van der Waals surface area contributed by atoms with E-state index in [-0.39, 0.29) is 27.1 Å². The van der Waals surface area contributed by atoms with Crippen LogP contribution in [0.4, 0.5) is 13.9 Å². The van der Waals surface area contributed by atoms with Gasteiger partial charge < -0.3 is 0 Å². The van der Waals surface area contributed by atoms with Gasteiger partial charge in [-0.25, -0.2) is 18.4 Å². The van der Waals surface area contributed by atoms with E-state index in [2.05, 4.69) is 20.4 Å². The molecule has 164 valence electrons. The monoisotopic (exact) mass is 473 g/mol. The Hall–Kier alpha value is -3.17. The normalized spacial score (nSPS) is 11.2. The van der Waals surface area contributed by atoms with Crippen molar-refractivity contribution in [2.45, 2.75) is 27.2 Å². The van der Waals surface area contributed by atoms with Crippen LogP contribution in [0.2, 0.25) is 5.02 Å². The number of benzene rings is 1. The Balaban J connectivity index is 1.67. The van der Waals surface area contributed by atoms with E-state index in [1.54, 1.807) is 29.6 Å². The SMILES string of the molecule is Cc1cc(C)nc(-c2csc(NC(=O)c3c(C)nn(-c4ccccc4Cl)c3C(F)F)n2)c1. The molecular weight excluding hydrogens is 456 g/mol. The summed E-state index contributed by atoms with van der Waals surface area (Å²) >= 11 is 7.35. The Bertz CT molecular complexity index is 1300. The number of carbonyl (C=O) groups excluding carboxylic acids is 1. The second kappa shape index (κ2) is 8.76. The fourth-order valence-electron chi connectivity index (χ4n) is 3.42. The topological polar surface area (TPSA) is 72.7 Å². The number of hydrogen-bond acceptors (Lipinski definition) is 5. The number of rotatable bonds is 5. The van der Waals surface area contributed by atoms with Gasteiger partial charge >= 0.3 is 0 Å². The minimum absolute atomic E-state index is 0.158. The Morgan fingerprint density at radius 1 is 1.12 bits per heavy atom. The molecule has 0 atom stereocenters. The maximum absolute atomic E-state index is 14.0. The van der Waals surface area contributed by atoms with E-state index in [0.29, 0.717) is 11.4 Å². The predicted molar refractivity (Wildman–Crippen MR) is 121 cm³/mol. The third-order valence-corrected chi connectivity index (χ3v) is 5.77. The molecule has 0 saturated carbocycles. The van der Waals surface area contributed by atoms with Crippen molar-refractivity contribution in [3.05, 3.63) is 75.0 Å². The zero-order valence-electron chi connectivity index (χ0n) is 17.4. The van der Waals surface area contributed by atoms with E-state index in [0.717, 1.165) is 15.9 Å². The van der Waals surface area contributed by atoms with E-state index < -0.39 is 18.0 Å². The highest BCUT2D eigenvalue weighted by Crippen LogP contribution is 2.32. The van der Waals surface area contributed by atoms with Crippen molar-refractivity contribution in [3.8, 4) is 17.1 Å². The first-order chi connectivity index (χ1) is 15.2. The molecule has 1 aromatic carbocycles. The van der Waals surface area contributed by atoms with Crippen molar-refractivity contribution in [2.24, 2.45) is 0 Å². The molecule has 6 nitrogen and oxygen atoms in total. The van der Waals surface area contributed by atoms with E-state index >= 15 is 0 Å². The van der Waals surface area contributed by atoms with Crippen LogP contribution in [0.5, 0.6) is 0 Å². The van der Waals surface area contributed by atoms with Gasteiger partial charge in [0.1, 0.15) is 11.4 Å². The van der Waals surface area contributed by atoms with E-state index in [1.807, 2.05) is 26.0 Å². The van der Waals surface area contributed by atoms with Gasteiger partial charge in [0.15, 0.2) is 5.13 Å². The first kappa shape index (κ1) is 22.0. The first-order valence-corrected chi connectivity index (χ1v) is 10.9. The van der Waals surface area contributed by atoms with Crippen LogP contribution in [0.1, 0.15) is 39.4 Å². The lowest BCUT2D eigenvalue weighted by atomic mass is 10.1. The van der Waals surface area contributed by atoms with Crippen LogP contribution in [0.3, 0.4) is 0 Å². The van der Waals surface area contributed by atoms with Gasteiger partial charge in [0.25, 0.3) is 12.3 Å². The fraction of sp³-hybridized carbons (Fsp3) is 0.182. The summed E-state index contributed by atoms with van der Waals surface area (Å²) in [5, 5.41) is 9.05. The molecule has 0 radical (unpaired) electrons. The summed E-state index contributed by atoms with van der Waals surface area (Å²) in [4.78, 5) is 21.8. The quantitative estimate of drug-likeness (QED) is 0.377. The lowest BCUT2D eigenvalue weighted by Gasteiger charge is -2.10. The first-order valence-electron chi connectivity index (χ1n) is 9.59. The van der Waals surface area contributed by atoms with Crippen LogP contribution in [0.15, 0.2) is 41.8 Å². The van der Waals surface area contributed by atoms with Gasteiger partial charge in [-0.15, -0.1) is 11.3 Å². The van der Waals surface area contributed by atoms with Gasteiger partial charge in [0, 0.05) is 11.1 Å². The van der Waals surface area contributed by atoms with Crippen LogP contribution in [0.25, 0.3) is 17.1 Å². The highest BCUT2D eigenvalue weighted by Gasteiger charge is 2.29. The molecule has 0 unspecified atom stereocenters. The van der Waals surface area contributed by atoms with Crippen LogP contribution in [0, 0.1) is 20.8 Å². The highest BCUT2D eigenvalue weighted by molar-refractivity contribution is 7.14. The summed E-state index contributed by atoms with van der Waals surface area (Å²) in [6.07, 6.45) is -2.94. The molecule has 0 spiro atoms. The van der Waals surface area contributed by atoms with Crippen molar-refractivity contribution in [1.82, 2.24) is 19.7 Å². The number of anilines is 1. The number of pyridine rings is 1. The smallest absolute Gasteiger partial charge is 0.281 e. The number of para-hydroxylation sites is 1. The number of aromatic nitrogens is 4. The molecule has 0 aliphatic heterocycles. The summed E-state index contributed by atoms with van der Waals surface area (Å²) in [6, 6.07) is 10.3. The Labute approximate surface area is 191 Å². The second-order valence-electron chi connectivity index (χ2n) is 7.17. The number of nitrogens with zero attached hydrogens (tertiary/aromatic N) is 4. The van der Waals surface area contributed by atoms with Gasteiger partial charge in [-0.05, 0) is 50.6 Å². The number of aryl methyl sites for hydroxylation is 3. The molecule has 3 aromatic heterocycles. The van der Waals surface area contributed by atoms with E-state index in [9.17, 15) is 13.6 Å². The zero-order valence-corrected chi connectivity index (χ0v) is 18.9. The summed E-state index contributed by atoms with van der Waals surface area (Å²) < 4.78 is 29.0. The number of carbonyl (C=O) groups is 1. The van der Waals surface area contributed by atoms with Crippen LogP contribution in [-0.2, 0) is 0 Å². The van der Waals surface area contributed by atoms with Crippen LogP contribution >= 0.6 is 22.9 Å².